The van der Waals surface area contributed by atoms with Crippen molar-refractivity contribution in [1.82, 2.24) is 0 Å². The van der Waals surface area contributed by atoms with Crippen LogP contribution >= 0.6 is 11.6 Å². The second-order valence-corrected chi connectivity index (χ2v) is 8.06. The van der Waals surface area contributed by atoms with Crippen LogP contribution in [0.4, 0.5) is 11.4 Å². The normalized spacial score (nSPS) is 13.7. The van der Waals surface area contributed by atoms with Crippen LogP contribution in [0.1, 0.15) is 15.9 Å². The number of fused-ring (bicyclic) bond motifs is 1. The summed E-state index contributed by atoms with van der Waals surface area (Å²) in [5.41, 5.74) is 2.53. The Kier molecular flexibility index (Phi) is 4.27. The van der Waals surface area contributed by atoms with E-state index in [2.05, 4.69) is 0 Å². The van der Waals surface area contributed by atoms with E-state index in [1.54, 1.807) is 43.4 Å². The number of hydrogen-bond donors (Lipinski definition) is 0. The van der Waals surface area contributed by atoms with Gasteiger partial charge in [0.25, 0.3) is 5.91 Å². The fourth-order valence-corrected chi connectivity index (χ4v) is 4.07. The largest absolute Gasteiger partial charge is 0.310 e. The van der Waals surface area contributed by atoms with Gasteiger partial charge < -0.3 is 4.90 Å². The van der Waals surface area contributed by atoms with Crippen LogP contribution in [-0.2, 0) is 16.4 Å². The number of anilines is 2. The molecular formula is C17H17ClN2O3S. The maximum absolute atomic E-state index is 12.8. The van der Waals surface area contributed by atoms with Gasteiger partial charge in [0.05, 0.1) is 22.7 Å². The average Bonchev–Trinajstić information content (AvgIpc) is 2.97. The Morgan fingerprint density at radius 2 is 1.92 bits per heavy atom. The summed E-state index contributed by atoms with van der Waals surface area (Å²) in [5.74, 6) is -0.244. The first-order chi connectivity index (χ1) is 11.3. The molecule has 0 bridgehead atoms. The van der Waals surface area contributed by atoms with Crippen molar-refractivity contribution in [3.63, 3.8) is 0 Å². The summed E-state index contributed by atoms with van der Waals surface area (Å²) in [4.78, 5) is 14.2. The van der Waals surface area contributed by atoms with Crippen molar-refractivity contribution in [2.75, 3.05) is 29.1 Å². The molecule has 5 nitrogen and oxygen atoms in total. The molecule has 0 N–H and O–H groups in total. The van der Waals surface area contributed by atoms with Gasteiger partial charge in [-0.05, 0) is 36.2 Å². The van der Waals surface area contributed by atoms with Gasteiger partial charge in [-0.25, -0.2) is 8.42 Å². The van der Waals surface area contributed by atoms with Crippen LogP contribution in [-0.4, -0.2) is 34.2 Å². The van der Waals surface area contributed by atoms with E-state index in [0.717, 1.165) is 5.56 Å². The van der Waals surface area contributed by atoms with Crippen molar-refractivity contribution >= 4 is 38.9 Å². The molecule has 7 heteroatoms. The van der Waals surface area contributed by atoms with Crippen LogP contribution in [0.2, 0.25) is 5.02 Å². The highest BCUT2D eigenvalue weighted by molar-refractivity contribution is 7.92. The monoisotopic (exact) mass is 364 g/mol. The van der Waals surface area contributed by atoms with Gasteiger partial charge in [-0.1, -0.05) is 29.8 Å². The highest BCUT2D eigenvalue weighted by atomic mass is 35.5. The van der Waals surface area contributed by atoms with Gasteiger partial charge in [0, 0.05) is 19.2 Å². The average molecular weight is 365 g/mol. The summed E-state index contributed by atoms with van der Waals surface area (Å²) >= 11 is 6.15. The molecule has 1 amide bonds. The Labute approximate surface area is 146 Å². The minimum atomic E-state index is -3.35. The van der Waals surface area contributed by atoms with E-state index in [1.807, 2.05) is 6.07 Å². The standard InChI is InChI=1S/C17H17ClN2O3S/c1-19(15-6-4-3-5-14(15)18)17(21)13-8-7-12-9-10-20(16(12)11-13)24(2,22)23/h3-8,11H,9-10H2,1-2H3. The number of hydrogen-bond acceptors (Lipinski definition) is 3. The van der Waals surface area contributed by atoms with Crippen molar-refractivity contribution in [1.29, 1.82) is 0 Å². The lowest BCUT2D eigenvalue weighted by atomic mass is 10.1. The van der Waals surface area contributed by atoms with Crippen molar-refractivity contribution in [2.45, 2.75) is 6.42 Å². The number of para-hydroxylation sites is 1. The van der Waals surface area contributed by atoms with Gasteiger partial charge in [0.15, 0.2) is 0 Å². The quantitative estimate of drug-likeness (QED) is 0.841. The molecule has 3 rings (SSSR count). The van der Waals surface area contributed by atoms with Gasteiger partial charge in [-0.2, -0.15) is 0 Å². The lowest BCUT2D eigenvalue weighted by Crippen LogP contribution is -2.29. The molecule has 1 aliphatic rings. The van der Waals surface area contributed by atoms with Crippen LogP contribution in [0.5, 0.6) is 0 Å². The molecule has 0 saturated heterocycles. The fraction of sp³-hybridized carbons (Fsp3) is 0.235. The number of amides is 1. The Hall–Kier alpha value is -2.05. The smallest absolute Gasteiger partial charge is 0.258 e. The number of carbonyl (C=O) groups excluding carboxylic acids is 1. The van der Waals surface area contributed by atoms with E-state index >= 15 is 0 Å². The first-order valence-electron chi connectivity index (χ1n) is 7.42. The molecular weight excluding hydrogens is 348 g/mol. The molecule has 0 atom stereocenters. The maximum Gasteiger partial charge on any atom is 0.258 e. The molecule has 0 unspecified atom stereocenters. The predicted molar refractivity (Wildman–Crippen MR) is 96.5 cm³/mol. The van der Waals surface area contributed by atoms with Gasteiger partial charge >= 0.3 is 0 Å². The summed E-state index contributed by atoms with van der Waals surface area (Å²) in [5, 5.41) is 0.479. The van der Waals surface area contributed by atoms with Crippen LogP contribution < -0.4 is 9.21 Å². The Morgan fingerprint density at radius 3 is 2.58 bits per heavy atom. The van der Waals surface area contributed by atoms with E-state index in [9.17, 15) is 13.2 Å². The van der Waals surface area contributed by atoms with Gasteiger partial charge in [-0.15, -0.1) is 0 Å². The molecule has 2 aromatic rings. The first-order valence-corrected chi connectivity index (χ1v) is 9.65. The highest BCUT2D eigenvalue weighted by Crippen LogP contribution is 2.32. The molecule has 1 aliphatic heterocycles. The zero-order chi connectivity index (χ0) is 17.5. The molecule has 2 aromatic carbocycles. The second kappa shape index (κ2) is 6.11. The molecule has 0 saturated carbocycles. The van der Waals surface area contributed by atoms with E-state index in [-0.39, 0.29) is 5.91 Å². The molecule has 1 heterocycles. The number of sulfonamides is 1. The predicted octanol–water partition coefficient (Wildman–Crippen LogP) is 2.94. The third-order valence-electron chi connectivity index (χ3n) is 4.10. The SMILES string of the molecule is CN(C(=O)c1ccc2c(c1)N(S(C)(=O)=O)CC2)c1ccccc1Cl. The molecule has 0 aliphatic carbocycles. The summed E-state index contributed by atoms with van der Waals surface area (Å²) < 4.78 is 25.1. The lowest BCUT2D eigenvalue weighted by molar-refractivity contribution is 0.0993. The van der Waals surface area contributed by atoms with Crippen LogP contribution in [0.3, 0.4) is 0 Å². The first kappa shape index (κ1) is 16.8. The minimum absolute atomic E-state index is 0.244. The molecule has 0 spiro atoms. The third-order valence-corrected chi connectivity index (χ3v) is 5.60. The van der Waals surface area contributed by atoms with Crippen LogP contribution in [0.25, 0.3) is 0 Å². The van der Waals surface area contributed by atoms with Crippen LogP contribution in [0.15, 0.2) is 42.5 Å². The topological polar surface area (TPSA) is 57.7 Å². The fourth-order valence-electron chi connectivity index (χ4n) is 2.85. The van der Waals surface area contributed by atoms with Crippen molar-refractivity contribution in [3.8, 4) is 0 Å². The summed E-state index contributed by atoms with van der Waals surface area (Å²) in [7, 11) is -1.71. The third kappa shape index (κ3) is 2.99. The molecule has 0 radical (unpaired) electrons. The Morgan fingerprint density at radius 1 is 1.21 bits per heavy atom. The van der Waals surface area contributed by atoms with Gasteiger partial charge in [-0.3, -0.25) is 9.10 Å². The summed E-state index contributed by atoms with van der Waals surface area (Å²) in [6.07, 6.45) is 1.82. The molecule has 0 aromatic heterocycles. The van der Waals surface area contributed by atoms with E-state index in [0.29, 0.717) is 34.9 Å². The van der Waals surface area contributed by atoms with E-state index < -0.39 is 10.0 Å². The highest BCUT2D eigenvalue weighted by Gasteiger charge is 2.27. The Balaban J connectivity index is 1.97. The van der Waals surface area contributed by atoms with E-state index in [4.69, 9.17) is 11.6 Å². The zero-order valence-corrected chi connectivity index (χ0v) is 14.9. The Bertz CT molecular complexity index is 912. The zero-order valence-electron chi connectivity index (χ0n) is 13.4. The number of nitrogens with zero attached hydrogens (tertiary/aromatic N) is 2. The van der Waals surface area contributed by atoms with Gasteiger partial charge in [0.2, 0.25) is 10.0 Å². The molecule has 24 heavy (non-hydrogen) atoms. The van der Waals surface area contributed by atoms with Crippen LogP contribution in [0, 0.1) is 0 Å². The molecule has 0 fully saturated rings. The van der Waals surface area contributed by atoms with Crippen molar-refractivity contribution in [3.05, 3.63) is 58.6 Å². The lowest BCUT2D eigenvalue weighted by Gasteiger charge is -2.20. The van der Waals surface area contributed by atoms with Crippen molar-refractivity contribution < 1.29 is 13.2 Å². The number of halogens is 1. The second-order valence-electron chi connectivity index (χ2n) is 5.74. The van der Waals surface area contributed by atoms with Gasteiger partial charge in [0.1, 0.15) is 0 Å². The number of carbonyl (C=O) groups is 1. The maximum atomic E-state index is 12.8. The van der Waals surface area contributed by atoms with Crippen molar-refractivity contribution in [2.24, 2.45) is 0 Å². The van der Waals surface area contributed by atoms with E-state index in [1.165, 1.54) is 15.5 Å². The summed E-state index contributed by atoms with van der Waals surface area (Å²) in [6.45, 7) is 0.409. The number of rotatable bonds is 3. The summed E-state index contributed by atoms with van der Waals surface area (Å²) in [6, 6.07) is 12.3. The minimum Gasteiger partial charge on any atom is -0.310 e. The molecule has 126 valence electrons. The number of benzene rings is 2.